The van der Waals surface area contributed by atoms with Gasteiger partial charge in [-0.25, -0.2) is 4.98 Å². The number of anilines is 1. The Bertz CT molecular complexity index is 1040. The van der Waals surface area contributed by atoms with E-state index in [9.17, 15) is 9.90 Å². The molecule has 1 fully saturated rings. The van der Waals surface area contributed by atoms with E-state index in [1.807, 2.05) is 6.07 Å². The number of pyridine rings is 1. The van der Waals surface area contributed by atoms with Crippen molar-refractivity contribution in [2.24, 2.45) is 5.92 Å². The highest BCUT2D eigenvalue weighted by molar-refractivity contribution is 7.18. The first-order chi connectivity index (χ1) is 14.7. The molecule has 7 nitrogen and oxygen atoms in total. The monoisotopic (exact) mass is 425 g/mol. The van der Waals surface area contributed by atoms with E-state index >= 15 is 0 Å². The van der Waals surface area contributed by atoms with E-state index in [1.165, 1.54) is 16.9 Å². The lowest BCUT2D eigenvalue weighted by molar-refractivity contribution is 0.0547. The van der Waals surface area contributed by atoms with E-state index in [0.717, 1.165) is 25.0 Å². The molecular formula is C22H23N3O4S. The maximum absolute atomic E-state index is 13.2. The molecule has 0 aromatic carbocycles. The summed E-state index contributed by atoms with van der Waals surface area (Å²) < 4.78 is 10.9. The topological polar surface area (TPSA) is 97.5 Å². The Morgan fingerprint density at radius 1 is 1.30 bits per heavy atom. The molecule has 0 spiro atoms. The van der Waals surface area contributed by atoms with Crippen LogP contribution in [0.2, 0.25) is 0 Å². The van der Waals surface area contributed by atoms with Gasteiger partial charge >= 0.3 is 0 Å². The van der Waals surface area contributed by atoms with E-state index in [4.69, 9.17) is 9.15 Å². The molecular weight excluding hydrogens is 402 g/mol. The molecule has 2 N–H and O–H groups in total. The summed E-state index contributed by atoms with van der Waals surface area (Å²) in [6.45, 7) is 1.20. The van der Waals surface area contributed by atoms with Crippen LogP contribution in [0, 0.1) is 5.92 Å². The molecule has 1 aliphatic heterocycles. The third-order valence-electron chi connectivity index (χ3n) is 5.71. The number of carbonyl (C=O) groups excluding carboxylic acids is 1. The van der Waals surface area contributed by atoms with Crippen LogP contribution in [0.15, 0.2) is 35.1 Å². The van der Waals surface area contributed by atoms with Crippen LogP contribution in [0.25, 0.3) is 11.5 Å². The zero-order valence-electron chi connectivity index (χ0n) is 16.5. The lowest BCUT2D eigenvalue weighted by atomic mass is 9.94. The maximum Gasteiger partial charge on any atom is 0.186 e. The predicted octanol–water partition coefficient (Wildman–Crippen LogP) is 4.00. The summed E-state index contributed by atoms with van der Waals surface area (Å²) in [5, 5.41) is 14.2. The van der Waals surface area contributed by atoms with Gasteiger partial charge in [0.05, 0.1) is 6.26 Å². The second kappa shape index (κ2) is 8.29. The van der Waals surface area contributed by atoms with Gasteiger partial charge in [0.15, 0.2) is 22.9 Å². The van der Waals surface area contributed by atoms with Crippen LogP contribution in [-0.2, 0) is 17.6 Å². The minimum absolute atomic E-state index is 0.0592. The molecule has 156 valence electrons. The number of carbonyl (C=O) groups is 1. The van der Waals surface area contributed by atoms with Crippen molar-refractivity contribution in [3.8, 4) is 11.5 Å². The molecule has 3 aromatic rings. The van der Waals surface area contributed by atoms with Crippen molar-refractivity contribution in [2.45, 2.75) is 38.3 Å². The molecule has 5 rings (SSSR count). The Kier molecular flexibility index (Phi) is 5.37. The number of aryl methyl sites for hydroxylation is 2. The number of hydrogen-bond acceptors (Lipinski definition) is 8. The molecule has 1 unspecified atom stereocenters. The Labute approximate surface area is 178 Å². The Hall–Kier alpha value is -2.55. The second-order valence-electron chi connectivity index (χ2n) is 7.70. The summed E-state index contributed by atoms with van der Waals surface area (Å²) in [4.78, 5) is 22.8. The van der Waals surface area contributed by atoms with Crippen molar-refractivity contribution >= 4 is 22.3 Å². The quantitative estimate of drug-likeness (QED) is 0.455. The van der Waals surface area contributed by atoms with Crippen molar-refractivity contribution in [2.75, 3.05) is 18.5 Å². The summed E-state index contributed by atoms with van der Waals surface area (Å²) in [6, 6.07) is 5.57. The van der Waals surface area contributed by atoms with Gasteiger partial charge in [-0.05, 0) is 55.9 Å². The fourth-order valence-electron chi connectivity index (χ4n) is 4.07. The lowest BCUT2D eigenvalue weighted by Crippen LogP contribution is -2.23. The van der Waals surface area contributed by atoms with Gasteiger partial charge in [0, 0.05) is 36.6 Å². The number of furan rings is 1. The fraction of sp³-hybridized carbons (Fsp3) is 0.409. The van der Waals surface area contributed by atoms with E-state index in [-0.39, 0.29) is 11.7 Å². The van der Waals surface area contributed by atoms with E-state index in [0.29, 0.717) is 53.1 Å². The highest BCUT2D eigenvalue weighted by atomic mass is 32.1. The molecule has 1 saturated heterocycles. The van der Waals surface area contributed by atoms with Crippen LogP contribution in [-0.4, -0.2) is 34.1 Å². The molecule has 30 heavy (non-hydrogen) atoms. The van der Waals surface area contributed by atoms with Crippen LogP contribution in [0.5, 0.6) is 0 Å². The van der Waals surface area contributed by atoms with Crippen LogP contribution in [0.4, 0.5) is 5.13 Å². The molecule has 1 aliphatic carbocycles. The van der Waals surface area contributed by atoms with Gasteiger partial charge in [0.2, 0.25) is 0 Å². The average molecular weight is 426 g/mol. The largest absolute Gasteiger partial charge is 0.463 e. The first kappa shape index (κ1) is 19.4. The molecule has 2 aliphatic rings. The standard InChI is InChI=1S/C22H23N3O4S/c26-19(13-6-9-28-10-7-13)20-18(17-5-2-8-29-17)24-22(30-20)25-21(27)15-11-14-3-1-4-16(14)23-12-15/h2,5,8,11-13,21,27H,1,3-4,6-7,9-10H2,(H,24,25). The van der Waals surface area contributed by atoms with Crippen molar-refractivity contribution in [1.29, 1.82) is 0 Å². The van der Waals surface area contributed by atoms with E-state index in [1.54, 1.807) is 24.6 Å². The van der Waals surface area contributed by atoms with Gasteiger partial charge in [-0.1, -0.05) is 11.3 Å². The van der Waals surface area contributed by atoms with E-state index in [2.05, 4.69) is 15.3 Å². The normalized spacial score (nSPS) is 17.6. The van der Waals surface area contributed by atoms with Gasteiger partial charge < -0.3 is 19.6 Å². The number of aliphatic hydroxyl groups excluding tert-OH is 1. The Balaban J connectivity index is 1.42. The highest BCUT2D eigenvalue weighted by Crippen LogP contribution is 2.36. The number of aromatic nitrogens is 2. The number of nitrogens with zero attached hydrogens (tertiary/aromatic N) is 2. The number of thiazole rings is 1. The molecule has 0 amide bonds. The van der Waals surface area contributed by atoms with Crippen LogP contribution >= 0.6 is 11.3 Å². The van der Waals surface area contributed by atoms with Gasteiger partial charge in [-0.3, -0.25) is 9.78 Å². The minimum Gasteiger partial charge on any atom is -0.463 e. The number of aliphatic hydroxyl groups is 1. The molecule has 0 saturated carbocycles. The lowest BCUT2D eigenvalue weighted by Gasteiger charge is -2.20. The average Bonchev–Trinajstić information content (AvgIpc) is 3.53. The number of rotatable bonds is 6. The smallest absolute Gasteiger partial charge is 0.186 e. The van der Waals surface area contributed by atoms with Crippen LogP contribution in [0.1, 0.15) is 52.0 Å². The number of fused-ring (bicyclic) bond motifs is 1. The summed E-state index contributed by atoms with van der Waals surface area (Å²) in [5.74, 6) is 0.527. The molecule has 4 heterocycles. The van der Waals surface area contributed by atoms with Crippen LogP contribution < -0.4 is 5.32 Å². The minimum atomic E-state index is -0.954. The molecule has 0 radical (unpaired) electrons. The number of Topliss-reactive ketones (excluding diaryl/α,β-unsaturated/α-hetero) is 1. The van der Waals surface area contributed by atoms with Crippen LogP contribution in [0.3, 0.4) is 0 Å². The molecule has 3 aromatic heterocycles. The van der Waals surface area contributed by atoms with Gasteiger partial charge in [-0.2, -0.15) is 0 Å². The summed E-state index contributed by atoms with van der Waals surface area (Å²) in [6.07, 6.45) is 6.83. The van der Waals surface area contributed by atoms with Crippen molar-refractivity contribution in [3.63, 3.8) is 0 Å². The van der Waals surface area contributed by atoms with Gasteiger partial charge in [-0.15, -0.1) is 0 Å². The van der Waals surface area contributed by atoms with Crippen molar-refractivity contribution in [1.82, 2.24) is 9.97 Å². The Morgan fingerprint density at radius 2 is 2.17 bits per heavy atom. The zero-order chi connectivity index (χ0) is 20.5. The van der Waals surface area contributed by atoms with Gasteiger partial charge in [0.1, 0.15) is 10.6 Å². The summed E-state index contributed by atoms with van der Waals surface area (Å²) in [5.41, 5.74) is 3.52. The third kappa shape index (κ3) is 3.78. The van der Waals surface area contributed by atoms with Crippen molar-refractivity contribution in [3.05, 3.63) is 52.4 Å². The first-order valence-electron chi connectivity index (χ1n) is 10.3. The summed E-state index contributed by atoms with van der Waals surface area (Å²) in [7, 11) is 0. The summed E-state index contributed by atoms with van der Waals surface area (Å²) >= 11 is 1.25. The predicted molar refractivity (Wildman–Crippen MR) is 113 cm³/mol. The number of ether oxygens (including phenoxy) is 1. The molecule has 8 heteroatoms. The zero-order valence-corrected chi connectivity index (χ0v) is 17.3. The third-order valence-corrected chi connectivity index (χ3v) is 6.72. The number of nitrogens with one attached hydrogen (secondary N) is 1. The molecule has 0 bridgehead atoms. The highest BCUT2D eigenvalue weighted by Gasteiger charge is 2.29. The fourth-order valence-corrected chi connectivity index (χ4v) is 5.08. The molecule has 1 atom stereocenters. The SMILES string of the molecule is O=C(c1sc(NC(O)c2cnc3c(c2)CCC3)nc1-c1ccco1)C1CCOCC1. The van der Waals surface area contributed by atoms with E-state index < -0.39 is 6.23 Å². The second-order valence-corrected chi connectivity index (χ2v) is 8.70. The first-order valence-corrected chi connectivity index (χ1v) is 11.1. The number of hydrogen-bond donors (Lipinski definition) is 2. The maximum atomic E-state index is 13.2. The number of ketones is 1. The van der Waals surface area contributed by atoms with Crippen molar-refractivity contribution < 1.29 is 19.1 Å². The van der Waals surface area contributed by atoms with Gasteiger partial charge in [0.25, 0.3) is 0 Å². The Morgan fingerprint density at radius 3 is 2.97 bits per heavy atom.